The molecule has 1 aliphatic rings. The van der Waals surface area contributed by atoms with E-state index in [0.717, 1.165) is 5.56 Å². The summed E-state index contributed by atoms with van der Waals surface area (Å²) in [6, 6.07) is -0.743. The van der Waals surface area contributed by atoms with Crippen molar-refractivity contribution in [1.29, 1.82) is 0 Å². The van der Waals surface area contributed by atoms with Gasteiger partial charge in [0.2, 0.25) is 5.91 Å². The van der Waals surface area contributed by atoms with Crippen molar-refractivity contribution < 1.29 is 33.4 Å². The highest BCUT2D eigenvalue weighted by Crippen LogP contribution is 2.29. The average Bonchev–Trinajstić information content (AvgIpc) is 3.41. The number of nitrogens with one attached hydrogen (secondary N) is 2. The van der Waals surface area contributed by atoms with E-state index in [1.807, 2.05) is 20.8 Å². The molecule has 0 aliphatic carbocycles. The molecule has 1 aliphatic heterocycles. The van der Waals surface area contributed by atoms with Gasteiger partial charge < -0.3 is 24.8 Å². The smallest absolute Gasteiger partial charge is 0.308 e. The van der Waals surface area contributed by atoms with Crippen molar-refractivity contribution >= 4 is 35.1 Å². The van der Waals surface area contributed by atoms with Crippen LogP contribution in [-0.2, 0) is 35.0 Å². The van der Waals surface area contributed by atoms with E-state index in [1.165, 1.54) is 25.4 Å². The molecule has 230 valence electrons. The highest BCUT2D eigenvalue weighted by Gasteiger charge is 2.30. The number of aryl methyl sites for hydroxylation is 1. The summed E-state index contributed by atoms with van der Waals surface area (Å²) in [7, 11) is 1.32. The number of aromatic nitrogens is 3. The van der Waals surface area contributed by atoms with Crippen LogP contribution < -0.4 is 10.6 Å². The Hall–Kier alpha value is -3.45. The number of ether oxygens (including phenoxy) is 3. The van der Waals surface area contributed by atoms with E-state index in [4.69, 9.17) is 14.2 Å². The molecule has 2 N–H and O–H groups in total. The maximum Gasteiger partial charge on any atom is 0.308 e. The molecule has 2 aromatic rings. The van der Waals surface area contributed by atoms with Crippen molar-refractivity contribution in [2.45, 2.75) is 78.5 Å². The van der Waals surface area contributed by atoms with Crippen LogP contribution in [0.5, 0.6) is 0 Å². The van der Waals surface area contributed by atoms with Gasteiger partial charge in [-0.1, -0.05) is 20.8 Å². The van der Waals surface area contributed by atoms with Crippen molar-refractivity contribution in [3.63, 3.8) is 0 Å². The molecular formula is C29H41N5O7S. The minimum absolute atomic E-state index is 0.0638. The molecular weight excluding hydrogens is 562 g/mol. The standard InChI is InChI=1S/C29H41N5O7S/c1-16(2)22(33-26(36)8-20-13-40-14-20)10-24(41-19(5)35)28-34-23(15-42-28)27(37)32-21(7-18(4)29(38)39-6)9-25-30-11-17(3)12-31-25/h11-12,15-16,18,20-22,24H,7-10,13-14H2,1-6H3,(H,32,37)(H,33,36)/t18-,21+,22?,24+/m0/s1. The number of rotatable bonds is 15. The molecule has 1 fully saturated rings. The second-order valence-electron chi connectivity index (χ2n) is 11.1. The molecule has 0 saturated carbocycles. The van der Waals surface area contributed by atoms with Gasteiger partial charge in [0.25, 0.3) is 5.91 Å². The third-order valence-corrected chi connectivity index (χ3v) is 7.92. The number of methoxy groups -OCH3 is 1. The average molecular weight is 604 g/mol. The predicted molar refractivity (Wildman–Crippen MR) is 154 cm³/mol. The van der Waals surface area contributed by atoms with Gasteiger partial charge in [-0.15, -0.1) is 11.3 Å². The summed E-state index contributed by atoms with van der Waals surface area (Å²) >= 11 is 1.20. The summed E-state index contributed by atoms with van der Waals surface area (Å²) in [5.74, 6) is -1.04. The number of nitrogens with zero attached hydrogens (tertiary/aromatic N) is 3. The summed E-state index contributed by atoms with van der Waals surface area (Å²) in [4.78, 5) is 63.1. The van der Waals surface area contributed by atoms with Crippen LogP contribution in [-0.4, -0.2) is 71.1 Å². The Morgan fingerprint density at radius 3 is 2.36 bits per heavy atom. The summed E-state index contributed by atoms with van der Waals surface area (Å²) in [5.41, 5.74) is 1.06. The zero-order valence-corrected chi connectivity index (χ0v) is 25.9. The van der Waals surface area contributed by atoms with E-state index >= 15 is 0 Å². The van der Waals surface area contributed by atoms with Gasteiger partial charge in [-0.05, 0) is 24.8 Å². The first-order valence-corrected chi connectivity index (χ1v) is 15.0. The molecule has 13 heteroatoms. The second kappa shape index (κ2) is 15.7. The normalized spacial score (nSPS) is 16.1. The van der Waals surface area contributed by atoms with Gasteiger partial charge >= 0.3 is 11.9 Å². The zero-order valence-electron chi connectivity index (χ0n) is 25.0. The zero-order chi connectivity index (χ0) is 30.8. The maximum absolute atomic E-state index is 13.3. The number of esters is 2. The molecule has 3 heterocycles. The maximum atomic E-state index is 13.3. The molecule has 1 saturated heterocycles. The van der Waals surface area contributed by atoms with Crippen LogP contribution >= 0.6 is 11.3 Å². The van der Waals surface area contributed by atoms with Crippen LogP contribution in [0.3, 0.4) is 0 Å². The van der Waals surface area contributed by atoms with E-state index in [-0.39, 0.29) is 35.4 Å². The molecule has 0 aromatic carbocycles. The predicted octanol–water partition coefficient (Wildman–Crippen LogP) is 2.95. The van der Waals surface area contributed by atoms with Crippen LogP contribution in [0.1, 0.15) is 79.9 Å². The monoisotopic (exact) mass is 603 g/mol. The lowest BCUT2D eigenvalue weighted by atomic mass is 9.96. The minimum atomic E-state index is -0.745. The highest BCUT2D eigenvalue weighted by atomic mass is 32.1. The Morgan fingerprint density at radius 2 is 1.79 bits per heavy atom. The Kier molecular flexibility index (Phi) is 12.3. The van der Waals surface area contributed by atoms with Gasteiger partial charge in [0.1, 0.15) is 16.5 Å². The first-order valence-electron chi connectivity index (χ1n) is 14.1. The summed E-state index contributed by atoms with van der Waals surface area (Å²) < 4.78 is 15.6. The van der Waals surface area contributed by atoms with Crippen LogP contribution in [0.25, 0.3) is 0 Å². The molecule has 42 heavy (non-hydrogen) atoms. The number of amides is 2. The molecule has 12 nitrogen and oxygen atoms in total. The topological polar surface area (TPSA) is 159 Å². The SMILES string of the molecule is COC(=O)[C@@H](C)C[C@H](Cc1ncc(C)cn1)NC(=O)c1csc([C@@H](CC(NC(=O)CC2COC2)C(C)C)OC(C)=O)n1. The third-order valence-electron chi connectivity index (χ3n) is 6.98. The molecule has 0 radical (unpaired) electrons. The molecule has 0 bridgehead atoms. The third kappa shape index (κ3) is 10.1. The lowest BCUT2D eigenvalue weighted by molar-refractivity contribution is -0.147. The largest absolute Gasteiger partial charge is 0.469 e. The molecule has 2 amide bonds. The van der Waals surface area contributed by atoms with Crippen molar-refractivity contribution in [2.24, 2.45) is 17.8 Å². The van der Waals surface area contributed by atoms with E-state index in [2.05, 4.69) is 25.6 Å². The van der Waals surface area contributed by atoms with Gasteiger partial charge in [-0.3, -0.25) is 19.2 Å². The lowest BCUT2D eigenvalue weighted by Crippen LogP contribution is -2.42. The Bertz CT molecular complexity index is 1220. The van der Waals surface area contributed by atoms with Gasteiger partial charge in [-0.25, -0.2) is 15.0 Å². The van der Waals surface area contributed by atoms with E-state index < -0.39 is 29.9 Å². The second-order valence-corrected chi connectivity index (χ2v) is 12.0. The number of thiazole rings is 1. The van der Waals surface area contributed by atoms with Gasteiger partial charge in [-0.2, -0.15) is 0 Å². The first kappa shape index (κ1) is 33.1. The first-order chi connectivity index (χ1) is 19.9. The minimum Gasteiger partial charge on any atom is -0.469 e. The Labute approximate surface area is 250 Å². The fraction of sp³-hybridized carbons (Fsp3) is 0.621. The van der Waals surface area contributed by atoms with Crippen molar-refractivity contribution in [1.82, 2.24) is 25.6 Å². The van der Waals surface area contributed by atoms with Crippen molar-refractivity contribution in [2.75, 3.05) is 20.3 Å². The lowest BCUT2D eigenvalue weighted by Gasteiger charge is -2.29. The highest BCUT2D eigenvalue weighted by molar-refractivity contribution is 7.09. The van der Waals surface area contributed by atoms with Crippen LogP contribution in [0.4, 0.5) is 0 Å². The Morgan fingerprint density at radius 1 is 1.10 bits per heavy atom. The number of hydrogen-bond donors (Lipinski definition) is 2. The van der Waals surface area contributed by atoms with Crippen LogP contribution in [0, 0.1) is 24.7 Å². The number of carbonyl (C=O) groups excluding carboxylic acids is 4. The summed E-state index contributed by atoms with van der Waals surface area (Å²) in [6.45, 7) is 10.1. The summed E-state index contributed by atoms with van der Waals surface area (Å²) in [5, 5.41) is 8.07. The molecule has 2 aromatic heterocycles. The quantitative estimate of drug-likeness (QED) is 0.290. The van der Waals surface area contributed by atoms with E-state index in [0.29, 0.717) is 49.7 Å². The number of carbonyl (C=O) groups is 4. The fourth-order valence-electron chi connectivity index (χ4n) is 4.52. The molecule has 3 rings (SSSR count). The van der Waals surface area contributed by atoms with Crippen LogP contribution in [0.2, 0.25) is 0 Å². The van der Waals surface area contributed by atoms with Gasteiger partial charge in [0.05, 0.1) is 26.2 Å². The van der Waals surface area contributed by atoms with Crippen molar-refractivity contribution in [3.05, 3.63) is 39.9 Å². The number of hydrogen-bond acceptors (Lipinski definition) is 11. The summed E-state index contributed by atoms with van der Waals surface area (Å²) in [6.07, 6.45) is 3.96. The van der Waals surface area contributed by atoms with Crippen molar-refractivity contribution in [3.8, 4) is 0 Å². The van der Waals surface area contributed by atoms with E-state index in [9.17, 15) is 19.2 Å². The fourth-order valence-corrected chi connectivity index (χ4v) is 5.36. The van der Waals surface area contributed by atoms with Gasteiger partial charge in [0.15, 0.2) is 6.10 Å². The van der Waals surface area contributed by atoms with E-state index in [1.54, 1.807) is 24.7 Å². The molecule has 0 spiro atoms. The van der Waals surface area contributed by atoms with Gasteiger partial charge in [0, 0.05) is 62.0 Å². The molecule has 4 atom stereocenters. The molecule has 1 unspecified atom stereocenters. The van der Waals surface area contributed by atoms with Crippen LogP contribution in [0.15, 0.2) is 17.8 Å². The Balaban J connectivity index is 1.73.